The molecule has 0 spiro atoms. The lowest BCUT2D eigenvalue weighted by molar-refractivity contribution is -0.384. The van der Waals surface area contributed by atoms with E-state index < -0.39 is 4.92 Å². The summed E-state index contributed by atoms with van der Waals surface area (Å²) in [6.45, 7) is 0.173. The van der Waals surface area contributed by atoms with Crippen LogP contribution in [-0.4, -0.2) is 20.9 Å². The van der Waals surface area contributed by atoms with E-state index in [9.17, 15) is 14.9 Å². The lowest BCUT2D eigenvalue weighted by Gasteiger charge is -2.07. The van der Waals surface area contributed by atoms with Gasteiger partial charge in [-0.1, -0.05) is 30.3 Å². The van der Waals surface area contributed by atoms with Crippen LogP contribution in [0.25, 0.3) is 0 Å². The molecule has 8 nitrogen and oxygen atoms in total. The topological polar surface area (TPSA) is 111 Å². The van der Waals surface area contributed by atoms with Crippen molar-refractivity contribution in [1.82, 2.24) is 10.2 Å². The van der Waals surface area contributed by atoms with E-state index in [2.05, 4.69) is 15.5 Å². The fourth-order valence-electron chi connectivity index (χ4n) is 2.73. The molecule has 1 aliphatic rings. The van der Waals surface area contributed by atoms with E-state index in [-0.39, 0.29) is 29.3 Å². The zero-order valence-corrected chi connectivity index (χ0v) is 14.3. The molecule has 0 saturated heterocycles. The summed E-state index contributed by atoms with van der Waals surface area (Å²) in [5.41, 5.74) is 0.840. The van der Waals surface area contributed by atoms with Gasteiger partial charge in [0.15, 0.2) is 5.78 Å². The highest BCUT2D eigenvalue weighted by atomic mass is 16.6. The van der Waals surface area contributed by atoms with Crippen molar-refractivity contribution >= 4 is 17.2 Å². The number of aromatic nitrogens is 2. The van der Waals surface area contributed by atoms with Crippen LogP contribution in [0, 0.1) is 10.1 Å². The number of hydrogen-bond donors (Lipinski definition) is 1. The summed E-state index contributed by atoms with van der Waals surface area (Å²) in [4.78, 5) is 23.4. The SMILES string of the molecule is O=C(c1ccccc1)c1ccc(NCc2nnc(C3CC3)o2)c([N+](=O)[O-])c1. The summed E-state index contributed by atoms with van der Waals surface area (Å²) in [5.74, 6) is 1.07. The molecular weight excluding hydrogens is 348 g/mol. The summed E-state index contributed by atoms with van der Waals surface area (Å²) in [6.07, 6.45) is 2.11. The van der Waals surface area contributed by atoms with E-state index in [1.807, 2.05) is 0 Å². The average Bonchev–Trinajstić information content (AvgIpc) is 3.44. The summed E-state index contributed by atoms with van der Waals surface area (Å²) in [6, 6.07) is 13.0. The summed E-state index contributed by atoms with van der Waals surface area (Å²) in [5, 5.41) is 22.3. The Morgan fingerprint density at radius 2 is 1.93 bits per heavy atom. The van der Waals surface area contributed by atoms with Crippen LogP contribution in [0.5, 0.6) is 0 Å². The van der Waals surface area contributed by atoms with E-state index >= 15 is 0 Å². The smallest absolute Gasteiger partial charge is 0.293 e. The van der Waals surface area contributed by atoms with Crippen molar-refractivity contribution in [3.63, 3.8) is 0 Å². The van der Waals surface area contributed by atoms with Crippen molar-refractivity contribution in [2.24, 2.45) is 0 Å². The number of nitrogens with zero attached hydrogens (tertiary/aromatic N) is 3. The van der Waals surface area contributed by atoms with Gasteiger partial charge in [0, 0.05) is 23.1 Å². The minimum atomic E-state index is -0.520. The fraction of sp³-hybridized carbons (Fsp3) is 0.211. The van der Waals surface area contributed by atoms with E-state index in [0.717, 1.165) is 12.8 Å². The molecule has 1 saturated carbocycles. The first-order valence-corrected chi connectivity index (χ1v) is 8.56. The minimum Gasteiger partial charge on any atom is -0.423 e. The normalized spacial score (nSPS) is 13.3. The molecule has 1 fully saturated rings. The summed E-state index contributed by atoms with van der Waals surface area (Å²) in [7, 11) is 0. The lowest BCUT2D eigenvalue weighted by Crippen LogP contribution is -2.06. The predicted molar refractivity (Wildman–Crippen MR) is 96.6 cm³/mol. The summed E-state index contributed by atoms with van der Waals surface area (Å²) >= 11 is 0. The molecule has 1 aliphatic carbocycles. The highest BCUT2D eigenvalue weighted by molar-refractivity contribution is 6.09. The van der Waals surface area contributed by atoms with Gasteiger partial charge < -0.3 is 9.73 Å². The Bertz CT molecular complexity index is 996. The molecule has 0 amide bonds. The Hall–Kier alpha value is -3.55. The maximum atomic E-state index is 12.5. The maximum absolute atomic E-state index is 12.5. The van der Waals surface area contributed by atoms with Crippen LogP contribution in [0.1, 0.15) is 46.5 Å². The van der Waals surface area contributed by atoms with Crippen molar-refractivity contribution in [3.05, 3.63) is 81.6 Å². The van der Waals surface area contributed by atoms with Gasteiger partial charge in [-0.05, 0) is 25.0 Å². The van der Waals surface area contributed by atoms with Crippen LogP contribution in [0.3, 0.4) is 0 Å². The molecule has 0 radical (unpaired) electrons. The maximum Gasteiger partial charge on any atom is 0.293 e. The molecule has 0 bridgehead atoms. The molecule has 8 heteroatoms. The van der Waals surface area contributed by atoms with Gasteiger partial charge in [0.2, 0.25) is 11.8 Å². The molecule has 0 unspecified atom stereocenters. The third kappa shape index (κ3) is 3.69. The van der Waals surface area contributed by atoms with Crippen molar-refractivity contribution in [3.8, 4) is 0 Å². The molecule has 1 aromatic heterocycles. The van der Waals surface area contributed by atoms with Gasteiger partial charge in [0.05, 0.1) is 11.5 Å². The number of nitrogens with one attached hydrogen (secondary N) is 1. The van der Waals surface area contributed by atoms with Gasteiger partial charge in [-0.15, -0.1) is 10.2 Å². The molecule has 1 N–H and O–H groups in total. The van der Waals surface area contributed by atoms with E-state index in [4.69, 9.17) is 4.42 Å². The molecule has 2 aromatic carbocycles. The molecule has 0 aliphatic heterocycles. The Balaban J connectivity index is 1.53. The van der Waals surface area contributed by atoms with Gasteiger partial charge in [-0.2, -0.15) is 0 Å². The third-order valence-corrected chi connectivity index (χ3v) is 4.33. The first-order chi connectivity index (χ1) is 13.1. The first-order valence-electron chi connectivity index (χ1n) is 8.56. The second kappa shape index (κ2) is 6.99. The molecule has 3 aromatic rings. The van der Waals surface area contributed by atoms with Gasteiger partial charge in [0.1, 0.15) is 5.69 Å². The van der Waals surface area contributed by atoms with Crippen molar-refractivity contribution in [2.45, 2.75) is 25.3 Å². The Kier molecular flexibility index (Phi) is 4.37. The Morgan fingerprint density at radius 3 is 2.63 bits per heavy atom. The lowest BCUT2D eigenvalue weighted by atomic mass is 10.0. The number of rotatable bonds is 7. The molecule has 1 heterocycles. The second-order valence-corrected chi connectivity index (χ2v) is 6.35. The number of benzene rings is 2. The number of carbonyl (C=O) groups is 1. The van der Waals surface area contributed by atoms with E-state index in [0.29, 0.717) is 23.3 Å². The van der Waals surface area contributed by atoms with E-state index in [1.54, 1.807) is 36.4 Å². The zero-order valence-electron chi connectivity index (χ0n) is 14.3. The number of nitro benzene ring substituents is 1. The van der Waals surface area contributed by atoms with Crippen LogP contribution in [0.2, 0.25) is 0 Å². The molecule has 136 valence electrons. The number of hydrogen-bond acceptors (Lipinski definition) is 7. The van der Waals surface area contributed by atoms with Crippen LogP contribution in [0.4, 0.5) is 11.4 Å². The van der Waals surface area contributed by atoms with Gasteiger partial charge in [-0.3, -0.25) is 14.9 Å². The number of carbonyl (C=O) groups excluding carboxylic acids is 1. The highest BCUT2D eigenvalue weighted by Gasteiger charge is 2.29. The molecule has 27 heavy (non-hydrogen) atoms. The number of anilines is 1. The van der Waals surface area contributed by atoms with Crippen LogP contribution in [-0.2, 0) is 6.54 Å². The minimum absolute atomic E-state index is 0.173. The zero-order chi connectivity index (χ0) is 18.8. The van der Waals surface area contributed by atoms with Crippen molar-refractivity contribution < 1.29 is 14.1 Å². The summed E-state index contributed by atoms with van der Waals surface area (Å²) < 4.78 is 5.54. The van der Waals surface area contributed by atoms with E-state index in [1.165, 1.54) is 12.1 Å². The standard InChI is InChI=1S/C19H16N4O4/c24-18(12-4-2-1-3-5-12)14-8-9-15(16(10-14)23(25)26)20-11-17-21-22-19(27-17)13-6-7-13/h1-5,8-10,13,20H,6-7,11H2. The Labute approximate surface area is 154 Å². The monoisotopic (exact) mass is 364 g/mol. The van der Waals surface area contributed by atoms with Crippen molar-refractivity contribution in [2.75, 3.05) is 5.32 Å². The fourth-order valence-corrected chi connectivity index (χ4v) is 2.73. The van der Waals surface area contributed by atoms with Gasteiger partial charge >= 0.3 is 0 Å². The molecule has 4 rings (SSSR count). The predicted octanol–water partition coefficient (Wildman–Crippen LogP) is 3.70. The van der Waals surface area contributed by atoms with Crippen molar-refractivity contribution in [1.29, 1.82) is 0 Å². The first kappa shape index (κ1) is 16.9. The Morgan fingerprint density at radius 1 is 1.15 bits per heavy atom. The quantitative estimate of drug-likeness (QED) is 0.386. The number of nitro groups is 1. The number of ketones is 1. The average molecular weight is 364 g/mol. The third-order valence-electron chi connectivity index (χ3n) is 4.33. The second-order valence-electron chi connectivity index (χ2n) is 6.35. The molecule has 0 atom stereocenters. The van der Waals surface area contributed by atoms with Crippen LogP contribution < -0.4 is 5.32 Å². The molecular formula is C19H16N4O4. The van der Waals surface area contributed by atoms with Gasteiger partial charge in [-0.25, -0.2) is 0 Å². The van der Waals surface area contributed by atoms with Gasteiger partial charge in [0.25, 0.3) is 5.69 Å². The highest BCUT2D eigenvalue weighted by Crippen LogP contribution is 2.39. The largest absolute Gasteiger partial charge is 0.423 e. The van der Waals surface area contributed by atoms with Crippen LogP contribution in [0.15, 0.2) is 52.9 Å². The van der Waals surface area contributed by atoms with Crippen LogP contribution >= 0.6 is 0 Å².